The Morgan fingerprint density at radius 1 is 0.882 bits per heavy atom. The van der Waals surface area contributed by atoms with Gasteiger partial charge in [-0.1, -0.05) is 53.1 Å². The maximum absolute atomic E-state index is 10.3. The van der Waals surface area contributed by atoms with E-state index < -0.39 is 6.10 Å². The van der Waals surface area contributed by atoms with Crippen molar-refractivity contribution in [1.82, 2.24) is 0 Å². The predicted octanol–water partition coefficient (Wildman–Crippen LogP) is 4.04. The smallest absolute Gasteiger partial charge is 0.104 e. The molecule has 0 unspecified atom stereocenters. The molecule has 0 saturated heterocycles. The Bertz CT molecular complexity index is 497. The molecular formula is C15H15ClO. The van der Waals surface area contributed by atoms with Crippen LogP contribution in [-0.2, 0) is 0 Å². The van der Waals surface area contributed by atoms with Gasteiger partial charge in [0.25, 0.3) is 0 Å². The van der Waals surface area contributed by atoms with Crippen LogP contribution in [0.3, 0.4) is 0 Å². The maximum atomic E-state index is 10.3. The first-order valence-corrected chi connectivity index (χ1v) is 5.96. The fraction of sp³-hybridized carbons (Fsp3) is 0.200. The second-order valence-corrected chi connectivity index (χ2v) is 4.81. The van der Waals surface area contributed by atoms with E-state index in [1.165, 1.54) is 0 Å². The van der Waals surface area contributed by atoms with Gasteiger partial charge in [0.05, 0.1) is 0 Å². The second-order valence-electron chi connectivity index (χ2n) is 4.38. The van der Waals surface area contributed by atoms with Gasteiger partial charge in [-0.15, -0.1) is 0 Å². The molecule has 0 aromatic heterocycles. The molecule has 0 amide bonds. The minimum Gasteiger partial charge on any atom is -0.384 e. The molecule has 0 fully saturated rings. The Hall–Kier alpha value is -1.31. The number of benzene rings is 2. The van der Waals surface area contributed by atoms with Crippen molar-refractivity contribution in [3.8, 4) is 0 Å². The summed E-state index contributed by atoms with van der Waals surface area (Å²) in [6, 6.07) is 13.4. The van der Waals surface area contributed by atoms with Crippen LogP contribution in [0.2, 0.25) is 5.02 Å². The molecular weight excluding hydrogens is 232 g/mol. The zero-order valence-corrected chi connectivity index (χ0v) is 10.7. The third-order valence-corrected chi connectivity index (χ3v) is 3.00. The second kappa shape index (κ2) is 4.91. The lowest BCUT2D eigenvalue weighted by atomic mass is 9.98. The van der Waals surface area contributed by atoms with Crippen molar-refractivity contribution in [2.24, 2.45) is 0 Å². The lowest BCUT2D eigenvalue weighted by Crippen LogP contribution is -2.00. The zero-order valence-electron chi connectivity index (χ0n) is 9.94. The van der Waals surface area contributed by atoms with Gasteiger partial charge in [-0.2, -0.15) is 0 Å². The van der Waals surface area contributed by atoms with Gasteiger partial charge in [0.15, 0.2) is 0 Å². The van der Waals surface area contributed by atoms with E-state index in [0.717, 1.165) is 22.3 Å². The third kappa shape index (κ3) is 2.87. The van der Waals surface area contributed by atoms with Gasteiger partial charge in [0.2, 0.25) is 0 Å². The zero-order chi connectivity index (χ0) is 12.4. The number of halogens is 1. The number of hydrogen-bond acceptors (Lipinski definition) is 1. The van der Waals surface area contributed by atoms with Crippen molar-refractivity contribution < 1.29 is 5.11 Å². The van der Waals surface area contributed by atoms with E-state index in [-0.39, 0.29) is 0 Å². The van der Waals surface area contributed by atoms with Crippen LogP contribution in [0.15, 0.2) is 42.5 Å². The topological polar surface area (TPSA) is 20.2 Å². The first kappa shape index (κ1) is 12.2. The summed E-state index contributed by atoms with van der Waals surface area (Å²) in [6.07, 6.45) is -0.592. The Morgan fingerprint density at radius 3 is 1.94 bits per heavy atom. The average molecular weight is 247 g/mol. The molecule has 1 nitrogen and oxygen atoms in total. The molecule has 2 rings (SSSR count). The molecule has 0 aliphatic rings. The van der Waals surface area contributed by atoms with Crippen molar-refractivity contribution >= 4 is 11.6 Å². The molecule has 2 aromatic rings. The monoisotopic (exact) mass is 246 g/mol. The average Bonchev–Trinajstić information content (AvgIpc) is 2.28. The highest BCUT2D eigenvalue weighted by molar-refractivity contribution is 6.30. The van der Waals surface area contributed by atoms with Gasteiger partial charge in [0.1, 0.15) is 6.10 Å². The first-order chi connectivity index (χ1) is 8.06. The summed E-state index contributed by atoms with van der Waals surface area (Å²) in [4.78, 5) is 0. The van der Waals surface area contributed by atoms with Crippen LogP contribution in [0.25, 0.3) is 0 Å². The van der Waals surface area contributed by atoms with Gasteiger partial charge in [0, 0.05) is 5.02 Å². The molecule has 0 heterocycles. The summed E-state index contributed by atoms with van der Waals surface area (Å²) < 4.78 is 0. The van der Waals surface area contributed by atoms with Gasteiger partial charge in [-0.3, -0.25) is 0 Å². The number of aryl methyl sites for hydroxylation is 2. The fourth-order valence-electron chi connectivity index (χ4n) is 2.01. The minimum atomic E-state index is -0.592. The van der Waals surface area contributed by atoms with Crippen LogP contribution < -0.4 is 0 Å². The minimum absolute atomic E-state index is 0.592. The summed E-state index contributed by atoms with van der Waals surface area (Å²) in [5.41, 5.74) is 4.10. The molecule has 0 aliphatic carbocycles. The van der Waals surface area contributed by atoms with Crippen LogP contribution in [0.4, 0.5) is 0 Å². The van der Waals surface area contributed by atoms with Crippen LogP contribution >= 0.6 is 11.6 Å². The third-order valence-electron chi connectivity index (χ3n) is 2.75. The van der Waals surface area contributed by atoms with Gasteiger partial charge in [-0.05, 0) is 37.1 Å². The van der Waals surface area contributed by atoms with Crippen LogP contribution in [-0.4, -0.2) is 5.11 Å². The highest BCUT2D eigenvalue weighted by Gasteiger charge is 2.10. The number of hydrogen-bond donors (Lipinski definition) is 1. The van der Waals surface area contributed by atoms with Crippen molar-refractivity contribution in [3.05, 3.63) is 69.7 Å². The first-order valence-electron chi connectivity index (χ1n) is 5.58. The van der Waals surface area contributed by atoms with Gasteiger partial charge in [-0.25, -0.2) is 0 Å². The number of aliphatic hydroxyl groups is 1. The number of aliphatic hydroxyl groups excluding tert-OH is 1. The maximum Gasteiger partial charge on any atom is 0.104 e. The quantitative estimate of drug-likeness (QED) is 0.848. The molecule has 1 N–H and O–H groups in total. The molecule has 17 heavy (non-hydrogen) atoms. The molecule has 2 aromatic carbocycles. The van der Waals surface area contributed by atoms with Gasteiger partial charge >= 0.3 is 0 Å². The van der Waals surface area contributed by atoms with E-state index in [4.69, 9.17) is 11.6 Å². The summed E-state index contributed by atoms with van der Waals surface area (Å²) >= 11 is 5.83. The van der Waals surface area contributed by atoms with E-state index in [1.54, 1.807) is 12.1 Å². The normalized spacial score (nSPS) is 12.5. The molecule has 0 radical (unpaired) electrons. The Labute approximate surface area is 107 Å². The highest BCUT2D eigenvalue weighted by atomic mass is 35.5. The van der Waals surface area contributed by atoms with E-state index in [0.29, 0.717) is 5.02 Å². The van der Waals surface area contributed by atoms with Gasteiger partial charge < -0.3 is 5.11 Å². The molecule has 88 valence electrons. The van der Waals surface area contributed by atoms with E-state index >= 15 is 0 Å². The van der Waals surface area contributed by atoms with Crippen molar-refractivity contribution in [1.29, 1.82) is 0 Å². The van der Waals surface area contributed by atoms with Crippen molar-refractivity contribution in [2.75, 3.05) is 0 Å². The molecule has 0 saturated carbocycles. The summed E-state index contributed by atoms with van der Waals surface area (Å²) in [5, 5.41) is 11.0. The predicted molar refractivity (Wildman–Crippen MR) is 71.4 cm³/mol. The van der Waals surface area contributed by atoms with E-state index in [2.05, 4.69) is 6.07 Å². The van der Waals surface area contributed by atoms with Crippen molar-refractivity contribution in [3.63, 3.8) is 0 Å². The fourth-order valence-corrected chi connectivity index (χ4v) is 2.13. The largest absolute Gasteiger partial charge is 0.384 e. The molecule has 0 spiro atoms. The van der Waals surface area contributed by atoms with E-state index in [1.807, 2.05) is 38.1 Å². The Balaban J connectivity index is 2.36. The Kier molecular flexibility index (Phi) is 3.51. The SMILES string of the molecule is Cc1cc(C)cc([C@@H](O)c2ccc(Cl)cc2)c1. The molecule has 2 heteroatoms. The summed E-state index contributed by atoms with van der Waals surface area (Å²) in [5.74, 6) is 0. The Morgan fingerprint density at radius 2 is 1.41 bits per heavy atom. The lowest BCUT2D eigenvalue weighted by molar-refractivity contribution is 0.220. The molecule has 0 aliphatic heterocycles. The number of rotatable bonds is 2. The highest BCUT2D eigenvalue weighted by Crippen LogP contribution is 2.24. The van der Waals surface area contributed by atoms with Crippen LogP contribution in [0.1, 0.15) is 28.4 Å². The van der Waals surface area contributed by atoms with Crippen molar-refractivity contribution in [2.45, 2.75) is 20.0 Å². The van der Waals surface area contributed by atoms with Crippen LogP contribution in [0, 0.1) is 13.8 Å². The van der Waals surface area contributed by atoms with E-state index in [9.17, 15) is 5.11 Å². The molecule has 0 bridgehead atoms. The lowest BCUT2D eigenvalue weighted by Gasteiger charge is -2.13. The summed E-state index contributed by atoms with van der Waals surface area (Å²) in [7, 11) is 0. The molecule has 1 atom stereocenters. The summed E-state index contributed by atoms with van der Waals surface area (Å²) in [6.45, 7) is 4.07. The standard InChI is InChI=1S/C15H15ClO/c1-10-7-11(2)9-13(8-10)15(17)12-3-5-14(16)6-4-12/h3-9,15,17H,1-2H3/t15-/m0/s1. The van der Waals surface area contributed by atoms with Crippen LogP contribution in [0.5, 0.6) is 0 Å².